The summed E-state index contributed by atoms with van der Waals surface area (Å²) in [5.41, 5.74) is 3.73. The molecule has 0 unspecified atom stereocenters. The normalized spacial score (nSPS) is 15.1. The maximum Gasteiger partial charge on any atom is 0.293 e. The van der Waals surface area contributed by atoms with Crippen molar-refractivity contribution in [2.24, 2.45) is 0 Å². The van der Waals surface area contributed by atoms with Crippen LogP contribution in [0, 0.1) is 0 Å². The van der Waals surface area contributed by atoms with Crippen molar-refractivity contribution in [3.63, 3.8) is 0 Å². The summed E-state index contributed by atoms with van der Waals surface area (Å²) in [7, 11) is 0. The first-order chi connectivity index (χ1) is 16.4. The Morgan fingerprint density at radius 3 is 2.32 bits per heavy atom. The monoisotopic (exact) mass is 526 g/mol. The summed E-state index contributed by atoms with van der Waals surface area (Å²) < 4.78 is 2.10. The number of halogens is 3. The Hall–Kier alpha value is -2.70. The van der Waals surface area contributed by atoms with Gasteiger partial charge in [0.05, 0.1) is 21.5 Å². The average molecular weight is 528 g/mol. The van der Waals surface area contributed by atoms with Crippen molar-refractivity contribution < 1.29 is 9.59 Å². The van der Waals surface area contributed by atoms with E-state index in [-0.39, 0.29) is 17.7 Å². The molecule has 5 rings (SSSR count). The van der Waals surface area contributed by atoms with Crippen LogP contribution in [0.4, 0.5) is 4.79 Å². The summed E-state index contributed by atoms with van der Waals surface area (Å²) in [4.78, 5) is 27.3. The number of rotatable bonds is 5. The van der Waals surface area contributed by atoms with Gasteiger partial charge in [-0.25, -0.2) is 0 Å². The Labute approximate surface area is 215 Å². The molecule has 0 atom stereocenters. The molecule has 1 saturated heterocycles. The van der Waals surface area contributed by atoms with Gasteiger partial charge in [-0.15, -0.1) is 0 Å². The molecule has 8 heteroatoms. The minimum absolute atomic E-state index is 0.207. The van der Waals surface area contributed by atoms with Crippen LogP contribution in [0.2, 0.25) is 15.1 Å². The van der Waals surface area contributed by atoms with Crippen LogP contribution in [0.25, 0.3) is 17.0 Å². The first kappa shape index (κ1) is 23.1. The molecule has 0 saturated carbocycles. The van der Waals surface area contributed by atoms with Crippen molar-refractivity contribution >= 4 is 74.7 Å². The van der Waals surface area contributed by atoms with Gasteiger partial charge in [-0.3, -0.25) is 14.5 Å². The molecule has 170 valence electrons. The molecule has 1 aliphatic heterocycles. The van der Waals surface area contributed by atoms with Crippen LogP contribution in [0.1, 0.15) is 16.7 Å². The summed E-state index contributed by atoms with van der Waals surface area (Å²) in [6.45, 7) is 0.793. The van der Waals surface area contributed by atoms with Gasteiger partial charge in [-0.2, -0.15) is 0 Å². The van der Waals surface area contributed by atoms with E-state index < -0.39 is 0 Å². The molecule has 3 aromatic carbocycles. The predicted molar refractivity (Wildman–Crippen MR) is 140 cm³/mol. The van der Waals surface area contributed by atoms with E-state index in [1.165, 1.54) is 4.90 Å². The summed E-state index contributed by atoms with van der Waals surface area (Å²) in [6, 6.07) is 20.6. The third-order valence-electron chi connectivity index (χ3n) is 5.57. The number of hydrogen-bond acceptors (Lipinski definition) is 3. The van der Waals surface area contributed by atoms with Crippen molar-refractivity contribution in [3.05, 3.63) is 110 Å². The lowest BCUT2D eigenvalue weighted by atomic mass is 10.1. The number of carbonyl (C=O) groups excluding carboxylic acids is 2. The molecule has 0 N–H and O–H groups in total. The van der Waals surface area contributed by atoms with E-state index in [1.54, 1.807) is 24.3 Å². The first-order valence-electron chi connectivity index (χ1n) is 10.4. The highest BCUT2D eigenvalue weighted by Crippen LogP contribution is 2.35. The number of amides is 2. The molecular formula is C26H17Cl3N2O2S. The fraction of sp³-hybridized carbons (Fsp3) is 0.0769. The van der Waals surface area contributed by atoms with Crippen molar-refractivity contribution in [1.82, 2.24) is 9.47 Å². The van der Waals surface area contributed by atoms with Gasteiger partial charge in [-0.05, 0) is 59.3 Å². The number of imide groups is 1. The van der Waals surface area contributed by atoms with E-state index in [0.717, 1.165) is 39.4 Å². The molecule has 1 aromatic heterocycles. The van der Waals surface area contributed by atoms with Gasteiger partial charge in [0, 0.05) is 34.2 Å². The van der Waals surface area contributed by atoms with E-state index in [1.807, 2.05) is 54.7 Å². The number of thioether (sulfide) groups is 1. The molecule has 2 amide bonds. The topological polar surface area (TPSA) is 42.3 Å². The van der Waals surface area contributed by atoms with Crippen molar-refractivity contribution in [3.8, 4) is 0 Å². The Balaban J connectivity index is 1.45. The Kier molecular flexibility index (Phi) is 6.45. The lowest BCUT2D eigenvalue weighted by Gasteiger charge is -2.12. The lowest BCUT2D eigenvalue weighted by molar-refractivity contribution is -0.123. The van der Waals surface area contributed by atoms with E-state index in [0.29, 0.717) is 26.5 Å². The molecule has 1 aliphatic rings. The number of fused-ring (bicyclic) bond motifs is 1. The minimum Gasteiger partial charge on any atom is -0.342 e. The molecule has 0 bridgehead atoms. The van der Waals surface area contributed by atoms with Crippen LogP contribution >= 0.6 is 46.6 Å². The molecule has 0 aliphatic carbocycles. The van der Waals surface area contributed by atoms with Crippen molar-refractivity contribution in [2.45, 2.75) is 13.1 Å². The highest BCUT2D eigenvalue weighted by atomic mass is 35.5. The van der Waals surface area contributed by atoms with Crippen LogP contribution in [0.5, 0.6) is 0 Å². The Morgan fingerprint density at radius 2 is 1.56 bits per heavy atom. The zero-order valence-corrected chi connectivity index (χ0v) is 20.8. The molecular weight excluding hydrogens is 511 g/mol. The Morgan fingerprint density at radius 1 is 0.824 bits per heavy atom. The van der Waals surface area contributed by atoms with Crippen molar-refractivity contribution in [2.75, 3.05) is 0 Å². The fourth-order valence-electron chi connectivity index (χ4n) is 3.91. The highest BCUT2D eigenvalue weighted by molar-refractivity contribution is 8.18. The van der Waals surface area contributed by atoms with Crippen LogP contribution in [0.3, 0.4) is 0 Å². The summed E-state index contributed by atoms with van der Waals surface area (Å²) in [5.74, 6) is -0.300. The quantitative estimate of drug-likeness (QED) is 0.248. The number of hydrogen-bond donors (Lipinski definition) is 0. The SMILES string of the molecule is O=C1S/C(=C\c2cn(Cc3ccc(Cl)c(Cl)c3)c3ccccc23)C(=O)N1Cc1ccc(Cl)cc1. The lowest BCUT2D eigenvalue weighted by Crippen LogP contribution is -2.27. The van der Waals surface area contributed by atoms with Gasteiger partial charge in [0.2, 0.25) is 0 Å². The first-order valence-corrected chi connectivity index (χ1v) is 12.4. The molecule has 4 aromatic rings. The zero-order chi connectivity index (χ0) is 23.8. The fourth-order valence-corrected chi connectivity index (χ4v) is 5.18. The predicted octanol–water partition coefficient (Wildman–Crippen LogP) is 7.89. The summed E-state index contributed by atoms with van der Waals surface area (Å²) in [5, 5.41) is 2.33. The van der Waals surface area contributed by atoms with Gasteiger partial charge in [0.15, 0.2) is 0 Å². The molecule has 34 heavy (non-hydrogen) atoms. The number of carbonyl (C=O) groups is 2. The molecule has 1 fully saturated rings. The van der Waals surface area contributed by atoms with Crippen LogP contribution < -0.4 is 0 Å². The zero-order valence-electron chi connectivity index (χ0n) is 17.7. The number of aromatic nitrogens is 1. The number of nitrogens with zero attached hydrogens (tertiary/aromatic N) is 2. The van der Waals surface area contributed by atoms with E-state index in [9.17, 15) is 9.59 Å². The van der Waals surface area contributed by atoms with Crippen LogP contribution in [-0.2, 0) is 17.9 Å². The van der Waals surface area contributed by atoms with Crippen LogP contribution in [0.15, 0.2) is 77.8 Å². The van der Waals surface area contributed by atoms with E-state index >= 15 is 0 Å². The van der Waals surface area contributed by atoms with Crippen molar-refractivity contribution in [1.29, 1.82) is 0 Å². The van der Waals surface area contributed by atoms with Gasteiger partial charge in [0.25, 0.3) is 11.1 Å². The second-order valence-electron chi connectivity index (χ2n) is 7.87. The van der Waals surface area contributed by atoms with Gasteiger partial charge in [-0.1, -0.05) is 71.2 Å². The smallest absolute Gasteiger partial charge is 0.293 e. The van der Waals surface area contributed by atoms with Crippen LogP contribution in [-0.4, -0.2) is 20.6 Å². The van der Waals surface area contributed by atoms with Gasteiger partial charge in [0.1, 0.15) is 0 Å². The molecule has 0 spiro atoms. The summed E-state index contributed by atoms with van der Waals surface area (Å²) >= 11 is 19.1. The maximum absolute atomic E-state index is 13.1. The molecule has 4 nitrogen and oxygen atoms in total. The van der Waals surface area contributed by atoms with Gasteiger partial charge < -0.3 is 4.57 Å². The third kappa shape index (κ3) is 4.62. The minimum atomic E-state index is -0.300. The second kappa shape index (κ2) is 9.51. The van der Waals surface area contributed by atoms with Gasteiger partial charge >= 0.3 is 0 Å². The third-order valence-corrected chi connectivity index (χ3v) is 7.47. The molecule has 2 heterocycles. The summed E-state index contributed by atoms with van der Waals surface area (Å²) in [6.07, 6.45) is 3.78. The number of para-hydroxylation sites is 1. The highest BCUT2D eigenvalue weighted by Gasteiger charge is 2.35. The average Bonchev–Trinajstić information content (AvgIpc) is 3.30. The maximum atomic E-state index is 13.1. The van der Waals surface area contributed by atoms with E-state index in [2.05, 4.69) is 4.57 Å². The van der Waals surface area contributed by atoms with E-state index in [4.69, 9.17) is 34.8 Å². The standard InChI is InChI=1S/C26H17Cl3N2O2S/c27-19-8-5-16(6-9-19)14-31-25(32)24(34-26(31)33)12-18-15-30(23-4-2-1-3-20(18)23)13-17-7-10-21(28)22(29)11-17/h1-12,15H,13-14H2/b24-12-. The number of benzene rings is 3. The molecule has 0 radical (unpaired) electrons. The largest absolute Gasteiger partial charge is 0.342 e. The Bertz CT molecular complexity index is 1460. The second-order valence-corrected chi connectivity index (χ2v) is 10.1.